The molecule has 0 saturated carbocycles. The smallest absolute Gasteiger partial charge is 0.160 e. The van der Waals surface area contributed by atoms with Crippen molar-refractivity contribution >= 4 is 65.4 Å². The number of fused-ring (bicyclic) bond motifs is 9. The van der Waals surface area contributed by atoms with Gasteiger partial charge in [-0.3, -0.25) is 0 Å². The van der Waals surface area contributed by atoms with E-state index in [0.29, 0.717) is 11.6 Å². The lowest BCUT2D eigenvalue weighted by atomic mass is 9.94. The Labute approximate surface area is 504 Å². The highest BCUT2D eigenvalue weighted by molar-refractivity contribution is 6.16. The minimum atomic E-state index is 0.611. The summed E-state index contributed by atoms with van der Waals surface area (Å²) in [6.45, 7) is 13.2. The van der Waals surface area contributed by atoms with Crippen LogP contribution < -0.4 is 0 Å². The predicted molar refractivity (Wildman–Crippen MR) is 362 cm³/mol. The zero-order chi connectivity index (χ0) is 58.6. The highest BCUT2D eigenvalue weighted by Crippen LogP contribution is 2.51. The molecule has 0 bridgehead atoms. The van der Waals surface area contributed by atoms with Gasteiger partial charge in [-0.2, -0.15) is 0 Å². The summed E-state index contributed by atoms with van der Waals surface area (Å²) in [6, 6.07) is 90.2. The molecule has 87 heavy (non-hydrogen) atoms. The first-order chi connectivity index (χ1) is 42.6. The molecule has 16 aromatic rings. The van der Waals surface area contributed by atoms with E-state index >= 15 is 0 Å². The standard InChI is InChI=1S/C80H59N7/c1-48-27-33-69-58(39-48)59-40-49(2)28-34-70(59)85(69)75-45-64(67-46-65(54-19-11-7-12-20-54)81-79(83-67)56-23-15-9-16-24-56)77(86-71-35-29-50(3)41-60(71)61-42-51(4)30-36-72(61)86)76(78(75)87-73-37-31-52(5)43-62(73)63-44-53(6)32-38-74(63)87)68-47-66(55-21-13-8-14-22-55)82-80(84-68)57-25-17-10-18-26-57/h7-47H,1-6H3. The SMILES string of the molecule is Cc1ccc2c(c1)c1cc(C)ccc1n2-c1cc(-c2cc(-c3ccccc3)nc(-c3ccccc3)n2)c(-n2c3ccc(C)cc3c3cc(C)ccc32)c(-c2cc(-c3ccccc3)nc(-c3ccccc3)n2)c1-n1c2ccc(C)cc2c2cc(C)ccc21. The summed E-state index contributed by atoms with van der Waals surface area (Å²) in [5, 5.41) is 6.99. The van der Waals surface area contributed by atoms with Crippen molar-refractivity contribution in [2.45, 2.75) is 41.5 Å². The summed E-state index contributed by atoms with van der Waals surface area (Å²) >= 11 is 0. The molecule has 5 heterocycles. The third-order valence-corrected chi connectivity index (χ3v) is 17.4. The van der Waals surface area contributed by atoms with Gasteiger partial charge in [-0.25, -0.2) is 19.9 Å². The van der Waals surface area contributed by atoms with Crippen LogP contribution in [0.4, 0.5) is 0 Å². The molecule has 0 amide bonds. The van der Waals surface area contributed by atoms with Crippen LogP contribution in [0.5, 0.6) is 0 Å². The normalized spacial score (nSPS) is 11.8. The van der Waals surface area contributed by atoms with Gasteiger partial charge in [-0.1, -0.05) is 191 Å². The minimum absolute atomic E-state index is 0.611. The van der Waals surface area contributed by atoms with Crippen molar-refractivity contribution in [3.05, 3.63) is 282 Å². The first-order valence-electron chi connectivity index (χ1n) is 29.9. The van der Waals surface area contributed by atoms with Crippen LogP contribution in [-0.2, 0) is 0 Å². The van der Waals surface area contributed by atoms with Gasteiger partial charge < -0.3 is 13.7 Å². The average molecular weight is 1120 g/mol. The molecule has 0 aliphatic carbocycles. The van der Waals surface area contributed by atoms with E-state index in [4.69, 9.17) is 19.9 Å². The lowest BCUT2D eigenvalue weighted by molar-refractivity contribution is 1.07. The van der Waals surface area contributed by atoms with Crippen molar-refractivity contribution in [3.63, 3.8) is 0 Å². The lowest BCUT2D eigenvalue weighted by Crippen LogP contribution is -2.12. The molecule has 0 saturated heterocycles. The Morgan fingerprint density at radius 3 is 0.885 bits per heavy atom. The molecule has 7 nitrogen and oxygen atoms in total. The average Bonchev–Trinajstić information content (AvgIpc) is 1.64. The van der Waals surface area contributed by atoms with E-state index in [1.54, 1.807) is 0 Å². The van der Waals surface area contributed by atoms with Crippen molar-refractivity contribution in [3.8, 4) is 84.9 Å². The van der Waals surface area contributed by atoms with Crippen molar-refractivity contribution in [2.24, 2.45) is 0 Å². The number of hydrogen-bond acceptors (Lipinski definition) is 4. The number of nitrogens with zero attached hydrogens (tertiary/aromatic N) is 7. The molecular formula is C80H59N7. The molecule has 0 aliphatic rings. The van der Waals surface area contributed by atoms with Crippen LogP contribution in [0.3, 0.4) is 0 Å². The molecule has 0 aliphatic heterocycles. The van der Waals surface area contributed by atoms with Gasteiger partial charge >= 0.3 is 0 Å². The number of rotatable bonds is 9. The Kier molecular flexibility index (Phi) is 12.1. The molecule has 7 heteroatoms. The second kappa shape index (κ2) is 20.4. The topological polar surface area (TPSA) is 66.3 Å². The van der Waals surface area contributed by atoms with Crippen molar-refractivity contribution < 1.29 is 0 Å². The maximum atomic E-state index is 5.97. The second-order valence-corrected chi connectivity index (χ2v) is 23.5. The van der Waals surface area contributed by atoms with Crippen LogP contribution in [0.15, 0.2) is 249 Å². The van der Waals surface area contributed by atoms with Gasteiger partial charge in [0.05, 0.1) is 78.5 Å². The Balaban J connectivity index is 1.23. The molecule has 0 spiro atoms. The van der Waals surface area contributed by atoms with Crippen molar-refractivity contribution in [2.75, 3.05) is 0 Å². The first kappa shape index (κ1) is 51.6. The lowest BCUT2D eigenvalue weighted by Gasteiger charge is -2.27. The monoisotopic (exact) mass is 1120 g/mol. The maximum absolute atomic E-state index is 5.97. The van der Waals surface area contributed by atoms with Crippen molar-refractivity contribution in [1.82, 2.24) is 33.6 Å². The molecule has 0 unspecified atom stereocenters. The third kappa shape index (κ3) is 8.64. The summed E-state index contributed by atoms with van der Waals surface area (Å²) in [4.78, 5) is 22.8. The van der Waals surface area contributed by atoms with Gasteiger partial charge in [0.15, 0.2) is 11.6 Å². The van der Waals surface area contributed by atoms with Crippen LogP contribution in [0.2, 0.25) is 0 Å². The fourth-order valence-electron chi connectivity index (χ4n) is 13.3. The first-order valence-corrected chi connectivity index (χ1v) is 29.9. The Bertz CT molecular complexity index is 5150. The van der Waals surface area contributed by atoms with Crippen LogP contribution >= 0.6 is 0 Å². The number of hydrogen-bond donors (Lipinski definition) is 0. The third-order valence-electron chi connectivity index (χ3n) is 17.4. The Morgan fingerprint density at radius 2 is 0.529 bits per heavy atom. The highest BCUT2D eigenvalue weighted by Gasteiger charge is 2.32. The molecule has 0 N–H and O–H groups in total. The summed E-state index contributed by atoms with van der Waals surface area (Å²) in [7, 11) is 0. The number of aryl methyl sites for hydroxylation is 6. The van der Waals surface area contributed by atoms with Gasteiger partial charge in [0, 0.05) is 60.1 Å². The van der Waals surface area contributed by atoms with E-state index in [9.17, 15) is 0 Å². The molecule has 0 radical (unpaired) electrons. The van der Waals surface area contributed by atoms with Crippen LogP contribution in [-0.4, -0.2) is 33.6 Å². The van der Waals surface area contributed by atoms with Crippen LogP contribution in [0.25, 0.3) is 150 Å². The zero-order valence-electron chi connectivity index (χ0n) is 49.3. The fraction of sp³-hybridized carbons (Fsp3) is 0.0750. The largest absolute Gasteiger partial charge is 0.308 e. The second-order valence-electron chi connectivity index (χ2n) is 23.5. The maximum Gasteiger partial charge on any atom is 0.160 e. The number of aromatic nitrogens is 7. The van der Waals surface area contributed by atoms with E-state index in [1.807, 2.05) is 6.07 Å². The molecular weight excluding hydrogens is 1060 g/mol. The summed E-state index contributed by atoms with van der Waals surface area (Å²) < 4.78 is 7.57. The molecule has 414 valence electrons. The predicted octanol–water partition coefficient (Wildman–Crippen LogP) is 20.4. The molecule has 16 rings (SSSR count). The summed E-state index contributed by atoms with van der Waals surface area (Å²) in [5.41, 5.74) is 25.0. The van der Waals surface area contributed by atoms with E-state index in [0.717, 1.165) is 117 Å². The van der Waals surface area contributed by atoms with E-state index in [2.05, 4.69) is 298 Å². The molecule has 11 aromatic carbocycles. The zero-order valence-corrected chi connectivity index (χ0v) is 49.3. The van der Waals surface area contributed by atoms with E-state index in [1.165, 1.54) is 54.9 Å². The van der Waals surface area contributed by atoms with Crippen LogP contribution in [0, 0.1) is 41.5 Å². The Morgan fingerprint density at radius 1 is 0.241 bits per heavy atom. The van der Waals surface area contributed by atoms with Gasteiger partial charge in [0.2, 0.25) is 0 Å². The molecule has 5 aromatic heterocycles. The van der Waals surface area contributed by atoms with E-state index in [-0.39, 0.29) is 0 Å². The van der Waals surface area contributed by atoms with Crippen molar-refractivity contribution in [1.29, 1.82) is 0 Å². The highest BCUT2D eigenvalue weighted by atomic mass is 15.1. The fourth-order valence-corrected chi connectivity index (χ4v) is 13.3. The molecule has 0 atom stereocenters. The number of benzene rings is 11. The van der Waals surface area contributed by atoms with Gasteiger partial charge in [0.1, 0.15) is 0 Å². The quantitative estimate of drug-likeness (QED) is 0.144. The van der Waals surface area contributed by atoms with Gasteiger partial charge in [-0.15, -0.1) is 0 Å². The van der Waals surface area contributed by atoms with Crippen LogP contribution in [0.1, 0.15) is 33.4 Å². The summed E-state index contributed by atoms with van der Waals surface area (Å²) in [5.74, 6) is 1.23. The van der Waals surface area contributed by atoms with Gasteiger partial charge in [-0.05, 0) is 133 Å². The van der Waals surface area contributed by atoms with Gasteiger partial charge in [0.25, 0.3) is 0 Å². The minimum Gasteiger partial charge on any atom is -0.308 e. The summed E-state index contributed by atoms with van der Waals surface area (Å²) in [6.07, 6.45) is 0. The molecule has 0 fully saturated rings. The van der Waals surface area contributed by atoms with E-state index < -0.39 is 0 Å². The Hall–Kier alpha value is -11.0.